The molecule has 0 bridgehead atoms. The van der Waals surface area contributed by atoms with Crippen LogP contribution < -0.4 is 37.2 Å². The molecule has 0 saturated carbocycles. The summed E-state index contributed by atoms with van der Waals surface area (Å²) in [6, 6.07) is -9.65. The minimum Gasteiger partial charge on any atom is -0.490 e. The molecule has 0 aromatic heterocycles. The third-order valence-electron chi connectivity index (χ3n) is 18.5. The number of benzene rings is 2. The number of cyclic esters (lactones) is 2. The van der Waals surface area contributed by atoms with Crippen molar-refractivity contribution in [2.75, 3.05) is 73.3 Å². The number of carbonyl (C=O) groups excluding carboxylic acids is 12. The zero-order valence-electron chi connectivity index (χ0n) is 56.9. The van der Waals surface area contributed by atoms with Crippen LogP contribution in [0.5, 0.6) is 5.75 Å². The van der Waals surface area contributed by atoms with E-state index in [4.69, 9.17) is 34.1 Å². The van der Waals surface area contributed by atoms with Gasteiger partial charge in [0.2, 0.25) is 52.7 Å². The monoisotopic (exact) mass is 1330 g/mol. The second kappa shape index (κ2) is 28.9. The van der Waals surface area contributed by atoms with Gasteiger partial charge >= 0.3 is 11.9 Å². The number of fused-ring (bicyclic) bond motifs is 4. The molecule has 30 heteroatoms. The standard InChI is InChI=1S/C65H90N12O18/c1-28(2)45-62(87)76-21-17-19-38(76)60(85)72(13)24-41(78)74(15)51(30(5)6)64(89)93-34(11)47(58(83)68-45)70-56(81)37-23-40(92-27-36-26-91-36)32(9)54-49(37)67-50-43(44(66)53(80)33(10)55(50)95-54)57(82)71-48-35(12)94-65(90)52(31(7)8)75(16)42(79)25-73(14)61(86)39-20-18-22-77(39)63(88)46(29(3)4)69-59(48)84/h23,28-31,34-36,38-39,45-48,51-52H,17-22,24-27,66H2,1-16H3,(H,68,83)(H,69,84)(H,70,81)(H,71,82)/t34-,35-,36?,38-,39-,45-,46-,47+,48+,51-,52-/m0/s1. The Bertz CT molecular complexity index is 3600. The average molecular weight is 1330 g/mol. The zero-order valence-corrected chi connectivity index (χ0v) is 56.9. The van der Waals surface area contributed by atoms with E-state index in [2.05, 4.69) is 21.3 Å². The van der Waals surface area contributed by atoms with Crippen molar-refractivity contribution >= 4 is 87.8 Å². The molecule has 5 saturated heterocycles. The van der Waals surface area contributed by atoms with E-state index in [9.17, 15) is 47.9 Å². The van der Waals surface area contributed by atoms with Crippen LogP contribution in [0.2, 0.25) is 0 Å². The number of amides is 10. The van der Waals surface area contributed by atoms with Gasteiger partial charge in [0, 0.05) is 52.4 Å². The first-order chi connectivity index (χ1) is 44.6. The number of carbonyl (C=O) groups is 12. The number of nitrogen functional groups attached to an aromatic ring is 1. The molecule has 6 N–H and O–H groups in total. The fourth-order valence-corrected chi connectivity index (χ4v) is 12.8. The maximum atomic E-state index is 15.5. The molecule has 0 spiro atoms. The topological polar surface area (TPSA) is 382 Å². The smallest absolute Gasteiger partial charge is 0.329 e. The molecule has 7 aliphatic rings. The van der Waals surface area contributed by atoms with Crippen LogP contribution in [0, 0.1) is 37.5 Å². The van der Waals surface area contributed by atoms with E-state index >= 15 is 14.4 Å². The third-order valence-corrected chi connectivity index (χ3v) is 18.5. The number of aryl methyl sites for hydroxylation is 1. The van der Waals surface area contributed by atoms with Crippen LogP contribution >= 0.6 is 0 Å². The number of nitrogens with one attached hydrogen (secondary N) is 4. The van der Waals surface area contributed by atoms with Crippen molar-refractivity contribution in [1.82, 2.24) is 55.7 Å². The summed E-state index contributed by atoms with van der Waals surface area (Å²) in [5.41, 5.74) is 3.07. The number of nitrogens with zero attached hydrogens (tertiary/aromatic N) is 7. The van der Waals surface area contributed by atoms with E-state index in [1.165, 1.54) is 74.6 Å². The van der Waals surface area contributed by atoms with Crippen LogP contribution in [0.1, 0.15) is 127 Å². The predicted molar refractivity (Wildman–Crippen MR) is 341 cm³/mol. The van der Waals surface area contributed by atoms with Gasteiger partial charge in [0.1, 0.15) is 90.2 Å². The Hall–Kier alpha value is -8.96. The van der Waals surface area contributed by atoms with Gasteiger partial charge in [-0.05, 0) is 83.1 Å². The van der Waals surface area contributed by atoms with Gasteiger partial charge in [-0.3, -0.25) is 52.7 Å². The van der Waals surface area contributed by atoms with E-state index in [0.717, 1.165) is 9.80 Å². The zero-order chi connectivity index (χ0) is 70.3. The van der Waals surface area contributed by atoms with Gasteiger partial charge in [0.15, 0.2) is 11.3 Å². The molecular formula is C65H90N12O18. The molecule has 1 aliphatic carbocycles. The fourth-order valence-electron chi connectivity index (χ4n) is 12.8. The van der Waals surface area contributed by atoms with Gasteiger partial charge < -0.3 is 79.8 Å². The third kappa shape index (κ3) is 14.8. The van der Waals surface area contributed by atoms with Crippen molar-refractivity contribution in [2.24, 2.45) is 23.7 Å². The van der Waals surface area contributed by atoms with Crippen LogP contribution in [0.3, 0.4) is 0 Å². The summed E-state index contributed by atoms with van der Waals surface area (Å²) in [6.07, 6.45) is -2.09. The number of esters is 2. The van der Waals surface area contributed by atoms with E-state index in [1.807, 2.05) is 0 Å². The molecule has 1 aromatic rings. The van der Waals surface area contributed by atoms with Crippen LogP contribution in [0.15, 0.2) is 15.3 Å². The van der Waals surface area contributed by atoms with Gasteiger partial charge in [-0.2, -0.15) is 0 Å². The molecule has 95 heavy (non-hydrogen) atoms. The molecule has 5 fully saturated rings. The molecular weight excluding hydrogens is 1240 g/mol. The molecule has 518 valence electrons. The lowest BCUT2D eigenvalue weighted by atomic mass is 9.98. The van der Waals surface area contributed by atoms with E-state index in [1.54, 1.807) is 62.3 Å². The van der Waals surface area contributed by atoms with Crippen molar-refractivity contribution in [2.45, 2.75) is 175 Å². The molecule has 30 nitrogen and oxygen atoms in total. The molecule has 10 amide bonds. The lowest BCUT2D eigenvalue weighted by Gasteiger charge is -2.36. The van der Waals surface area contributed by atoms with Crippen molar-refractivity contribution in [3.05, 3.63) is 38.5 Å². The first kappa shape index (κ1) is 71.9. The maximum Gasteiger partial charge on any atom is 0.329 e. The number of ether oxygens (including phenoxy) is 4. The number of nitrogens with two attached hydrogens (primary N) is 1. The lowest BCUT2D eigenvalue weighted by molar-refractivity contribution is -0.163. The van der Waals surface area contributed by atoms with Crippen LogP contribution in [0.4, 0.5) is 5.69 Å². The summed E-state index contributed by atoms with van der Waals surface area (Å²) in [5.74, 6) is -12.7. The molecule has 11 atom stereocenters. The van der Waals surface area contributed by atoms with Crippen molar-refractivity contribution in [3.63, 3.8) is 0 Å². The highest BCUT2D eigenvalue weighted by Crippen LogP contribution is 2.38. The van der Waals surface area contributed by atoms with Gasteiger partial charge in [0.25, 0.3) is 11.8 Å². The summed E-state index contributed by atoms with van der Waals surface area (Å²) in [6.45, 7) is 18.6. The summed E-state index contributed by atoms with van der Waals surface area (Å²) in [7, 11) is 5.57. The largest absolute Gasteiger partial charge is 0.490 e. The Kier molecular flexibility index (Phi) is 21.9. The molecule has 1 unspecified atom stereocenters. The molecule has 6 heterocycles. The second-order valence-corrected chi connectivity index (χ2v) is 26.9. The van der Waals surface area contributed by atoms with Gasteiger partial charge in [0.05, 0.1) is 36.5 Å². The normalized spacial score (nSPS) is 26.8. The highest BCUT2D eigenvalue weighted by molar-refractivity contribution is 6.11. The van der Waals surface area contributed by atoms with Crippen molar-refractivity contribution in [1.29, 1.82) is 0 Å². The van der Waals surface area contributed by atoms with Gasteiger partial charge in [-0.15, -0.1) is 0 Å². The maximum absolute atomic E-state index is 15.5. The Balaban J connectivity index is 1.25. The van der Waals surface area contributed by atoms with E-state index < -0.39 is 196 Å². The van der Waals surface area contributed by atoms with E-state index in [-0.39, 0.29) is 72.4 Å². The number of rotatable bonds is 11. The number of hydrogen-bond acceptors (Lipinski definition) is 20. The Morgan fingerprint density at radius 3 is 1.52 bits per heavy atom. The number of anilines is 1. The summed E-state index contributed by atoms with van der Waals surface area (Å²) < 4.78 is 30.1. The summed E-state index contributed by atoms with van der Waals surface area (Å²) in [4.78, 5) is 201. The number of aromatic nitrogens is 1. The number of epoxide rings is 1. The van der Waals surface area contributed by atoms with Crippen molar-refractivity contribution < 1.29 is 80.9 Å². The van der Waals surface area contributed by atoms with Gasteiger partial charge in [-0.1, -0.05) is 55.4 Å². The summed E-state index contributed by atoms with van der Waals surface area (Å²) >= 11 is 0. The summed E-state index contributed by atoms with van der Waals surface area (Å²) in [5, 5.41) is 10.7. The lowest BCUT2D eigenvalue weighted by Crippen LogP contribution is -2.61. The first-order valence-corrected chi connectivity index (χ1v) is 32.3. The van der Waals surface area contributed by atoms with E-state index in [0.29, 0.717) is 19.4 Å². The number of hydrogen-bond donors (Lipinski definition) is 5. The Morgan fingerprint density at radius 1 is 0.653 bits per heavy atom. The minimum absolute atomic E-state index is 0.00703. The molecule has 8 rings (SSSR count). The van der Waals surface area contributed by atoms with Crippen LogP contribution in [0.25, 0.3) is 22.6 Å². The Labute approximate surface area is 550 Å². The predicted octanol–water partition coefficient (Wildman–Crippen LogP) is 0.503. The SMILES string of the molecule is Cc1c2oc3c(C)c(OCC4CO4)cc(C(=O)N[C@H]4C(=O)N[C@@H](C(C)C)C(=O)N5CCC[C@H]5C(=O)N(C)CC(=O)N(C)[C@@H](C(C)C)C(=O)O[C@H]4C)c3nc-2c(C(=O)N[C@H]2C(=O)N[C@@H](C(C)C)C(=O)N3CCC[C@H]3C(=O)N(C)CC(=O)N(C)[C@@H](C(C)C)C(=O)O[C@H]2C)c(N)c1=O. The molecule has 0 radical (unpaired) electrons. The quantitative estimate of drug-likeness (QED) is 0.0755. The molecule has 6 aliphatic heterocycles. The minimum atomic E-state index is -1.91. The Morgan fingerprint density at radius 2 is 1.09 bits per heavy atom. The highest BCUT2D eigenvalue weighted by atomic mass is 16.6. The fraction of sp³-hybridized carbons (Fsp3) is 0.631. The molecule has 1 aromatic carbocycles. The highest BCUT2D eigenvalue weighted by Gasteiger charge is 2.47. The van der Waals surface area contributed by atoms with Gasteiger partial charge in [-0.25, -0.2) is 14.6 Å². The van der Waals surface area contributed by atoms with Crippen LogP contribution in [-0.4, -0.2) is 240 Å². The average Bonchev–Trinajstić information content (AvgIpc) is 1.46. The second-order valence-electron chi connectivity index (χ2n) is 26.9. The first-order valence-electron chi connectivity index (χ1n) is 32.3. The number of likely N-dealkylation sites (N-methyl/N-ethyl adjacent to an activating group) is 4. The van der Waals surface area contributed by atoms with Crippen molar-refractivity contribution in [3.8, 4) is 17.2 Å². The van der Waals surface area contributed by atoms with Crippen LogP contribution in [-0.2, 0) is 62.2 Å².